The number of hydrogen-bond acceptors (Lipinski definition) is 3. The van der Waals surface area contributed by atoms with Gasteiger partial charge in [0, 0.05) is 32.1 Å². The van der Waals surface area contributed by atoms with E-state index in [4.69, 9.17) is 0 Å². The second-order valence-corrected chi connectivity index (χ2v) is 5.98. The molecule has 0 spiro atoms. The summed E-state index contributed by atoms with van der Waals surface area (Å²) in [4.78, 5) is 22.5. The van der Waals surface area contributed by atoms with Crippen molar-refractivity contribution >= 4 is 16.7 Å². The number of benzene rings is 2. The molecule has 1 atom stereocenters. The molecule has 0 aliphatic heterocycles. The highest BCUT2D eigenvalue weighted by Gasteiger charge is 2.17. The second-order valence-electron chi connectivity index (χ2n) is 5.98. The molecule has 0 saturated carbocycles. The second kappa shape index (κ2) is 7.21. The van der Waals surface area contributed by atoms with Crippen LogP contribution in [-0.4, -0.2) is 27.8 Å². The van der Waals surface area contributed by atoms with Crippen LogP contribution in [0.4, 0.5) is 0 Å². The quantitative estimate of drug-likeness (QED) is 0.719. The topological polar surface area (TPSA) is 46.1 Å². The predicted molar refractivity (Wildman–Crippen MR) is 95.5 cm³/mol. The summed E-state index contributed by atoms with van der Waals surface area (Å²) >= 11 is 0. The Bertz CT molecular complexity index is 832. The van der Waals surface area contributed by atoms with Crippen molar-refractivity contribution in [2.75, 3.05) is 7.05 Å². The number of fused-ring (bicyclic) bond motifs is 1. The van der Waals surface area contributed by atoms with E-state index in [1.807, 2.05) is 19.2 Å². The summed E-state index contributed by atoms with van der Waals surface area (Å²) in [5.41, 5.74) is 1.99. The summed E-state index contributed by atoms with van der Waals surface area (Å²) in [5, 5.41) is 2.41. The maximum atomic E-state index is 12.5. The molecular weight excluding hydrogens is 298 g/mol. The lowest BCUT2D eigenvalue weighted by Crippen LogP contribution is -2.29. The molecule has 3 aromatic rings. The Morgan fingerprint density at radius 3 is 2.67 bits per heavy atom. The largest absolute Gasteiger partial charge is 0.339 e. The Labute approximate surface area is 142 Å². The number of amides is 1. The van der Waals surface area contributed by atoms with Gasteiger partial charge in [-0.3, -0.25) is 14.8 Å². The molecular formula is C20H21N3O. The fraction of sp³-hybridized carbons (Fsp3) is 0.250. The zero-order valence-electron chi connectivity index (χ0n) is 14.0. The number of carbonyl (C=O) groups excluding carboxylic acids is 1. The zero-order chi connectivity index (χ0) is 16.9. The predicted octanol–water partition coefficient (Wildman–Crippen LogP) is 3.78. The van der Waals surface area contributed by atoms with E-state index in [0.717, 1.165) is 11.3 Å². The minimum atomic E-state index is 0.0314. The number of rotatable bonds is 5. The fourth-order valence-electron chi connectivity index (χ4n) is 2.78. The van der Waals surface area contributed by atoms with Crippen LogP contribution in [0.5, 0.6) is 0 Å². The van der Waals surface area contributed by atoms with E-state index in [1.165, 1.54) is 10.8 Å². The summed E-state index contributed by atoms with van der Waals surface area (Å²) in [6.07, 6.45) is 6.05. The van der Waals surface area contributed by atoms with E-state index < -0.39 is 0 Å². The van der Waals surface area contributed by atoms with Gasteiger partial charge in [0.25, 0.3) is 0 Å². The number of aromatic nitrogens is 2. The molecule has 1 heterocycles. The first-order valence-electron chi connectivity index (χ1n) is 8.14. The van der Waals surface area contributed by atoms with Crippen LogP contribution in [0.2, 0.25) is 0 Å². The van der Waals surface area contributed by atoms with E-state index in [-0.39, 0.29) is 11.9 Å². The standard InChI is InChI=1S/C20H21N3O/c1-15(17-8-7-16-5-3-4-6-18(16)13-17)23(2)20(24)10-9-19-14-21-11-12-22-19/h3-8,11-15H,9-10H2,1-2H3. The Balaban J connectivity index is 1.68. The summed E-state index contributed by atoms with van der Waals surface area (Å²) in [5.74, 6) is 0.112. The van der Waals surface area contributed by atoms with E-state index in [1.54, 1.807) is 23.5 Å². The Morgan fingerprint density at radius 2 is 1.92 bits per heavy atom. The van der Waals surface area contributed by atoms with E-state index in [9.17, 15) is 4.79 Å². The summed E-state index contributed by atoms with van der Waals surface area (Å²) < 4.78 is 0. The molecule has 4 heteroatoms. The number of hydrogen-bond donors (Lipinski definition) is 0. The van der Waals surface area contributed by atoms with Gasteiger partial charge in [0.05, 0.1) is 11.7 Å². The Hall–Kier alpha value is -2.75. The average molecular weight is 319 g/mol. The molecule has 1 unspecified atom stereocenters. The summed E-state index contributed by atoms with van der Waals surface area (Å²) in [6, 6.07) is 14.7. The van der Waals surface area contributed by atoms with Crippen LogP contribution >= 0.6 is 0 Å². The molecule has 0 saturated heterocycles. The molecule has 0 aliphatic carbocycles. The zero-order valence-corrected chi connectivity index (χ0v) is 14.0. The van der Waals surface area contributed by atoms with Gasteiger partial charge in [-0.1, -0.05) is 36.4 Å². The molecule has 4 nitrogen and oxygen atoms in total. The van der Waals surface area contributed by atoms with Gasteiger partial charge in [0.1, 0.15) is 0 Å². The highest BCUT2D eigenvalue weighted by Crippen LogP contribution is 2.24. The van der Waals surface area contributed by atoms with E-state index in [2.05, 4.69) is 47.2 Å². The van der Waals surface area contributed by atoms with Gasteiger partial charge in [-0.05, 0) is 35.7 Å². The Morgan fingerprint density at radius 1 is 1.12 bits per heavy atom. The molecule has 0 fully saturated rings. The van der Waals surface area contributed by atoms with Gasteiger partial charge >= 0.3 is 0 Å². The van der Waals surface area contributed by atoms with Crippen molar-refractivity contribution in [1.29, 1.82) is 0 Å². The molecule has 1 amide bonds. The number of carbonyl (C=O) groups is 1. The van der Waals surface area contributed by atoms with Crippen LogP contribution in [0.15, 0.2) is 61.1 Å². The first-order chi connectivity index (χ1) is 11.6. The van der Waals surface area contributed by atoms with Crippen LogP contribution in [0.25, 0.3) is 10.8 Å². The van der Waals surface area contributed by atoms with E-state index in [0.29, 0.717) is 12.8 Å². The van der Waals surface area contributed by atoms with Crippen LogP contribution in [0.1, 0.15) is 30.6 Å². The van der Waals surface area contributed by atoms with Gasteiger partial charge < -0.3 is 4.90 Å². The van der Waals surface area contributed by atoms with Crippen molar-refractivity contribution in [3.05, 3.63) is 72.3 Å². The maximum absolute atomic E-state index is 12.5. The first-order valence-corrected chi connectivity index (χ1v) is 8.14. The SMILES string of the molecule is CC(c1ccc2ccccc2c1)N(C)C(=O)CCc1cnccn1. The molecule has 0 bridgehead atoms. The van der Waals surface area contributed by atoms with Gasteiger partial charge in [-0.25, -0.2) is 0 Å². The molecule has 0 radical (unpaired) electrons. The maximum Gasteiger partial charge on any atom is 0.223 e. The Kier molecular flexibility index (Phi) is 4.85. The molecule has 3 rings (SSSR count). The molecule has 0 aliphatic rings. The lowest BCUT2D eigenvalue weighted by Gasteiger charge is -2.25. The van der Waals surface area contributed by atoms with Gasteiger partial charge in [0.2, 0.25) is 5.91 Å². The highest BCUT2D eigenvalue weighted by molar-refractivity contribution is 5.83. The molecule has 122 valence electrons. The van der Waals surface area contributed by atoms with Crippen molar-refractivity contribution in [2.24, 2.45) is 0 Å². The normalized spacial score (nSPS) is 12.1. The van der Waals surface area contributed by atoms with Crippen LogP contribution < -0.4 is 0 Å². The van der Waals surface area contributed by atoms with Crippen molar-refractivity contribution in [1.82, 2.24) is 14.9 Å². The fourth-order valence-corrected chi connectivity index (χ4v) is 2.78. The average Bonchev–Trinajstić information content (AvgIpc) is 2.65. The monoisotopic (exact) mass is 319 g/mol. The molecule has 0 N–H and O–H groups in total. The van der Waals surface area contributed by atoms with Crippen molar-refractivity contribution in [2.45, 2.75) is 25.8 Å². The van der Waals surface area contributed by atoms with Crippen LogP contribution in [-0.2, 0) is 11.2 Å². The van der Waals surface area contributed by atoms with Crippen LogP contribution in [0.3, 0.4) is 0 Å². The highest BCUT2D eigenvalue weighted by atomic mass is 16.2. The minimum absolute atomic E-state index is 0.0314. The van der Waals surface area contributed by atoms with E-state index >= 15 is 0 Å². The summed E-state index contributed by atoms with van der Waals surface area (Å²) in [6.45, 7) is 2.06. The third kappa shape index (κ3) is 3.59. The van der Waals surface area contributed by atoms with Crippen LogP contribution in [0, 0.1) is 0 Å². The van der Waals surface area contributed by atoms with Crippen molar-refractivity contribution < 1.29 is 4.79 Å². The molecule has 1 aromatic heterocycles. The number of nitrogens with zero attached hydrogens (tertiary/aromatic N) is 3. The number of aryl methyl sites for hydroxylation is 1. The lowest BCUT2D eigenvalue weighted by atomic mass is 10.0. The first kappa shape index (κ1) is 16.1. The third-order valence-electron chi connectivity index (χ3n) is 4.44. The molecule has 24 heavy (non-hydrogen) atoms. The minimum Gasteiger partial charge on any atom is -0.339 e. The smallest absolute Gasteiger partial charge is 0.223 e. The van der Waals surface area contributed by atoms with Gasteiger partial charge in [0.15, 0.2) is 0 Å². The third-order valence-corrected chi connectivity index (χ3v) is 4.44. The molecule has 2 aromatic carbocycles. The van der Waals surface area contributed by atoms with Crippen molar-refractivity contribution in [3.8, 4) is 0 Å². The van der Waals surface area contributed by atoms with Crippen molar-refractivity contribution in [3.63, 3.8) is 0 Å². The lowest BCUT2D eigenvalue weighted by molar-refractivity contribution is -0.131. The van der Waals surface area contributed by atoms with Gasteiger partial charge in [-0.15, -0.1) is 0 Å². The summed E-state index contributed by atoms with van der Waals surface area (Å²) in [7, 11) is 1.86. The van der Waals surface area contributed by atoms with Gasteiger partial charge in [-0.2, -0.15) is 0 Å².